The lowest BCUT2D eigenvalue weighted by molar-refractivity contribution is -0.253. The smallest absolute Gasteiger partial charge is 0.163 e. The summed E-state index contributed by atoms with van der Waals surface area (Å²) in [5.41, 5.74) is 6.09. The summed E-state index contributed by atoms with van der Waals surface area (Å²) in [6.07, 6.45) is -1.26. The van der Waals surface area contributed by atoms with Crippen LogP contribution in [0.2, 0.25) is 0 Å². The predicted molar refractivity (Wildman–Crippen MR) is 318 cm³/mol. The molecule has 2 aliphatic rings. The van der Waals surface area contributed by atoms with E-state index in [1.807, 2.05) is 196 Å². The number of hydrogen-bond donors (Lipinski definition) is 0. The summed E-state index contributed by atoms with van der Waals surface area (Å²) in [6.45, 7) is 23.6. The monoisotopic (exact) mass is 1110 g/mol. The lowest BCUT2D eigenvalue weighted by Gasteiger charge is -2.42. The average Bonchev–Trinajstić information content (AvgIpc) is 3.88. The van der Waals surface area contributed by atoms with Gasteiger partial charge in [0.15, 0.2) is 24.3 Å². The largest absolute Gasteiger partial charge is 0.490 e. The minimum absolute atomic E-state index is 0.156. The van der Waals surface area contributed by atoms with E-state index in [9.17, 15) is 0 Å². The van der Waals surface area contributed by atoms with Crippen molar-refractivity contribution in [3.05, 3.63) is 265 Å². The highest BCUT2D eigenvalue weighted by Gasteiger charge is 2.55. The van der Waals surface area contributed by atoms with Crippen LogP contribution >= 0.6 is 0 Å². The highest BCUT2D eigenvalue weighted by Crippen LogP contribution is 2.44. The van der Waals surface area contributed by atoms with Gasteiger partial charge in [0, 0.05) is 25.9 Å². The third kappa shape index (κ3) is 19.0. The molecule has 12 nitrogen and oxygen atoms in total. The van der Waals surface area contributed by atoms with Crippen LogP contribution in [-0.2, 0) is 96.5 Å². The fraction of sp³-hybridized carbons (Fsp3) is 0.371. The van der Waals surface area contributed by atoms with Crippen molar-refractivity contribution >= 4 is 0 Å². The molecule has 6 aromatic rings. The van der Waals surface area contributed by atoms with Crippen LogP contribution < -0.4 is 0 Å². The van der Waals surface area contributed by atoms with Crippen LogP contribution in [0, 0.1) is 5.92 Å². The molecule has 12 heteroatoms. The van der Waals surface area contributed by atoms with Crippen LogP contribution in [0.15, 0.2) is 232 Å². The number of allylic oxidation sites excluding steroid dienone is 2. The second-order valence-electron chi connectivity index (χ2n) is 21.2. The molecule has 82 heavy (non-hydrogen) atoms. The summed E-state index contributed by atoms with van der Waals surface area (Å²) >= 11 is 0. The summed E-state index contributed by atoms with van der Waals surface area (Å²) in [5.74, 6) is -0.349. The number of methoxy groups -OCH3 is 1. The fourth-order valence-corrected chi connectivity index (χ4v) is 10.3. The molecule has 8 rings (SSSR count). The first-order chi connectivity index (χ1) is 40.1. The molecule has 0 radical (unpaired) electrons. The minimum Gasteiger partial charge on any atom is -0.490 e. The number of rotatable bonds is 36. The summed E-state index contributed by atoms with van der Waals surface area (Å²) in [6, 6.07) is 60.1. The summed E-state index contributed by atoms with van der Waals surface area (Å²) in [5, 5.41) is 0. The quantitative estimate of drug-likeness (QED) is 0.0276. The van der Waals surface area contributed by atoms with Crippen molar-refractivity contribution in [3.63, 3.8) is 0 Å². The fourth-order valence-electron chi connectivity index (χ4n) is 10.3. The Labute approximate surface area is 486 Å². The molecular weight excluding hydrogens is 1030 g/mol. The number of ether oxygens (including phenoxy) is 12. The van der Waals surface area contributed by atoms with Crippen LogP contribution in [0.4, 0.5) is 0 Å². The van der Waals surface area contributed by atoms with Crippen molar-refractivity contribution in [2.45, 2.75) is 140 Å². The summed E-state index contributed by atoms with van der Waals surface area (Å²) < 4.78 is 80.0. The van der Waals surface area contributed by atoms with Gasteiger partial charge in [0.25, 0.3) is 0 Å². The van der Waals surface area contributed by atoms with Gasteiger partial charge in [0.2, 0.25) is 0 Å². The summed E-state index contributed by atoms with van der Waals surface area (Å²) in [4.78, 5) is 0. The standard InChI is InChI=1S/C70H82O12/c1-8-60(74-45-55-32-20-12-21-33-55)66(76-47-57-36-24-14-25-37-57)63(49-72-43-53-28-16-10-17-29-53)78-51(3)40-41-62-68-65(81-70(5,6)82-68)59(69(71-7)80-62)42-52(4)79-64(50-73-44-54-30-18-11-19-31-54)67(77-48-58-38-26-15-27-39-58)61(9-2)75-46-56-34-22-13-23-35-56/h8-39,59-69H,1-4,40-50H2,5-7H3/t59?,60?,61?,62?,63?,64?,65?,66-,67-,68-,69+/m0/s1. The van der Waals surface area contributed by atoms with Gasteiger partial charge in [-0.2, -0.15) is 0 Å². The zero-order valence-electron chi connectivity index (χ0n) is 47.8. The first-order valence-electron chi connectivity index (χ1n) is 28.4. The topological polar surface area (TPSA) is 111 Å². The van der Waals surface area contributed by atoms with Gasteiger partial charge in [-0.1, -0.05) is 207 Å². The average molecular weight is 1120 g/mol. The maximum atomic E-state index is 6.95. The Morgan fingerprint density at radius 3 is 1.22 bits per heavy atom. The Morgan fingerprint density at radius 2 is 0.841 bits per heavy atom. The molecule has 2 aliphatic heterocycles. The van der Waals surface area contributed by atoms with Gasteiger partial charge in [-0.25, -0.2) is 0 Å². The van der Waals surface area contributed by atoms with Crippen LogP contribution in [0.5, 0.6) is 0 Å². The highest BCUT2D eigenvalue weighted by atomic mass is 16.8. The van der Waals surface area contributed by atoms with E-state index in [1.165, 1.54) is 0 Å². The lowest BCUT2D eigenvalue weighted by Crippen LogP contribution is -2.53. The zero-order valence-corrected chi connectivity index (χ0v) is 47.8. The van der Waals surface area contributed by atoms with Crippen molar-refractivity contribution in [1.29, 1.82) is 0 Å². The van der Waals surface area contributed by atoms with Crippen LogP contribution in [0.1, 0.15) is 66.5 Å². The first-order valence-corrected chi connectivity index (χ1v) is 28.4. The molecule has 434 valence electrons. The van der Waals surface area contributed by atoms with Gasteiger partial charge in [-0.05, 0) is 53.6 Å². The van der Waals surface area contributed by atoms with Gasteiger partial charge in [-0.3, -0.25) is 0 Å². The Balaban J connectivity index is 0.982. The molecule has 11 atom stereocenters. The highest BCUT2D eigenvalue weighted by molar-refractivity contribution is 5.18. The normalized spacial score (nSPS) is 20.5. The molecule has 0 aliphatic carbocycles. The van der Waals surface area contributed by atoms with Crippen molar-refractivity contribution in [2.24, 2.45) is 5.92 Å². The Hall–Kier alpha value is -6.52. The van der Waals surface area contributed by atoms with E-state index >= 15 is 0 Å². The molecule has 0 spiro atoms. The van der Waals surface area contributed by atoms with E-state index in [4.69, 9.17) is 56.8 Å². The second kappa shape index (κ2) is 32.4. The van der Waals surface area contributed by atoms with Gasteiger partial charge in [0.1, 0.15) is 30.5 Å². The maximum absolute atomic E-state index is 6.95. The van der Waals surface area contributed by atoms with Gasteiger partial charge in [0.05, 0.1) is 76.6 Å². The number of fused-ring (bicyclic) bond motifs is 1. The van der Waals surface area contributed by atoms with E-state index < -0.39 is 67.0 Å². The molecule has 2 fully saturated rings. The number of hydrogen-bond acceptors (Lipinski definition) is 12. The van der Waals surface area contributed by atoms with E-state index in [-0.39, 0.29) is 19.1 Å². The van der Waals surface area contributed by atoms with Crippen molar-refractivity contribution in [1.82, 2.24) is 0 Å². The SMILES string of the molecule is C=CC(OCc1ccccc1)[C@H](OCc1ccccc1)C(COCc1ccccc1)OC(=C)CCC1O[C@@H](OC)C(CC(=C)OC(COCc2ccccc2)[C@@H](OCc2ccccc2)C(C=C)OCc2ccccc2)C2OC(C)(C)O[C@@H]12. The molecular formula is C70H82O12. The van der Waals surface area contributed by atoms with Gasteiger partial charge in [-0.15, -0.1) is 13.2 Å². The molecule has 2 saturated heterocycles. The first kappa shape index (κ1) is 61.5. The van der Waals surface area contributed by atoms with Gasteiger partial charge >= 0.3 is 0 Å². The van der Waals surface area contributed by atoms with Crippen molar-refractivity contribution in [2.75, 3.05) is 20.3 Å². The molecule has 2 heterocycles. The predicted octanol–water partition coefficient (Wildman–Crippen LogP) is 13.6. The van der Waals surface area contributed by atoms with Crippen LogP contribution in [-0.4, -0.2) is 87.3 Å². The van der Waals surface area contributed by atoms with Gasteiger partial charge < -0.3 is 56.8 Å². The minimum atomic E-state index is -0.936. The van der Waals surface area contributed by atoms with Crippen LogP contribution in [0.25, 0.3) is 0 Å². The van der Waals surface area contributed by atoms with Crippen LogP contribution in [0.3, 0.4) is 0 Å². The molecule has 0 N–H and O–H groups in total. The molecule has 0 amide bonds. The Bertz CT molecular complexity index is 2780. The second-order valence-corrected chi connectivity index (χ2v) is 21.2. The van der Waals surface area contributed by atoms with Crippen molar-refractivity contribution < 1.29 is 56.8 Å². The lowest BCUT2D eigenvalue weighted by atomic mass is 9.86. The van der Waals surface area contributed by atoms with E-state index in [0.29, 0.717) is 70.4 Å². The third-order valence-electron chi connectivity index (χ3n) is 14.4. The third-order valence-corrected chi connectivity index (χ3v) is 14.4. The van der Waals surface area contributed by atoms with Crippen molar-refractivity contribution in [3.8, 4) is 0 Å². The zero-order chi connectivity index (χ0) is 57.4. The Kier molecular flexibility index (Phi) is 24.3. The summed E-state index contributed by atoms with van der Waals surface area (Å²) in [7, 11) is 1.64. The number of benzene rings is 6. The van der Waals surface area contributed by atoms with E-state index in [2.05, 4.69) is 26.3 Å². The van der Waals surface area contributed by atoms with E-state index in [1.54, 1.807) is 19.3 Å². The molecule has 0 aromatic heterocycles. The molecule has 0 saturated carbocycles. The molecule has 6 aromatic carbocycles. The maximum Gasteiger partial charge on any atom is 0.163 e. The Morgan fingerprint density at radius 1 is 0.488 bits per heavy atom. The molecule has 0 bridgehead atoms. The molecule has 7 unspecified atom stereocenters. The van der Waals surface area contributed by atoms with E-state index in [0.717, 1.165) is 33.4 Å².